The van der Waals surface area contributed by atoms with Crippen molar-refractivity contribution in [2.75, 3.05) is 0 Å². The molecule has 1 aliphatic rings. The quantitative estimate of drug-likeness (QED) is 0.658. The molecule has 1 aliphatic carbocycles. The third-order valence-corrected chi connectivity index (χ3v) is 4.71. The molecule has 2 N–H and O–H groups in total. The summed E-state index contributed by atoms with van der Waals surface area (Å²) >= 11 is 0. The van der Waals surface area contributed by atoms with E-state index in [0.29, 0.717) is 5.92 Å². The number of halogens is 1. The summed E-state index contributed by atoms with van der Waals surface area (Å²) in [7, 11) is 0. The first-order valence-corrected chi connectivity index (χ1v) is 7.66. The first-order valence-electron chi connectivity index (χ1n) is 7.66. The predicted octanol–water partition coefficient (Wildman–Crippen LogP) is 5.19. The van der Waals surface area contributed by atoms with Crippen LogP contribution in [0.4, 0.5) is 0 Å². The molecule has 0 amide bonds. The zero-order valence-electron chi connectivity index (χ0n) is 12.4. The number of hydrogen-bond donors (Lipinski definition) is 1. The van der Waals surface area contributed by atoms with Gasteiger partial charge in [0.05, 0.1) is 0 Å². The molecule has 0 saturated carbocycles. The third-order valence-electron chi connectivity index (χ3n) is 4.71. The Kier molecular flexibility index (Phi) is 4.19. The summed E-state index contributed by atoms with van der Waals surface area (Å²) in [5, 5.41) is 2.63. The van der Waals surface area contributed by atoms with Gasteiger partial charge < -0.3 is 5.73 Å². The minimum absolute atomic E-state index is 0. The van der Waals surface area contributed by atoms with E-state index >= 15 is 0 Å². The van der Waals surface area contributed by atoms with Crippen LogP contribution in [0.5, 0.6) is 0 Å². The molecule has 0 aromatic heterocycles. The molecule has 0 unspecified atom stereocenters. The highest BCUT2D eigenvalue weighted by Crippen LogP contribution is 2.40. The smallest absolute Gasteiger partial charge is 0.0298 e. The summed E-state index contributed by atoms with van der Waals surface area (Å²) in [5.41, 5.74) is 10.4. The summed E-state index contributed by atoms with van der Waals surface area (Å²) in [6.45, 7) is 0. The standard InChI is InChI=1S/C20H19N.ClH/c21-20-12-11-17(18-7-3-4-8-19(18)20)16-10-9-14-5-1-2-6-15(14)13-16;/h1-10,13,17,20H,11-12,21H2;1H/t17-,20-;/m1./s1. The Balaban J connectivity index is 0.00000144. The van der Waals surface area contributed by atoms with Crippen molar-refractivity contribution >= 4 is 23.2 Å². The fraction of sp³-hybridized carbons (Fsp3) is 0.200. The summed E-state index contributed by atoms with van der Waals surface area (Å²) in [6, 6.07) is 24.3. The number of rotatable bonds is 1. The van der Waals surface area contributed by atoms with Crippen molar-refractivity contribution in [1.82, 2.24) is 0 Å². The van der Waals surface area contributed by atoms with E-state index in [1.54, 1.807) is 0 Å². The number of hydrogen-bond acceptors (Lipinski definition) is 1. The largest absolute Gasteiger partial charge is 0.324 e. The molecule has 3 aromatic carbocycles. The van der Waals surface area contributed by atoms with Crippen molar-refractivity contribution in [2.24, 2.45) is 5.73 Å². The molecule has 0 heterocycles. The third kappa shape index (κ3) is 2.51. The minimum atomic E-state index is 0. The molecule has 3 aromatic rings. The molecular weight excluding hydrogens is 290 g/mol. The lowest BCUT2D eigenvalue weighted by atomic mass is 9.77. The Morgan fingerprint density at radius 1 is 0.727 bits per heavy atom. The van der Waals surface area contributed by atoms with Crippen molar-refractivity contribution in [3.05, 3.63) is 83.4 Å². The maximum absolute atomic E-state index is 6.28. The molecule has 0 radical (unpaired) electrons. The van der Waals surface area contributed by atoms with Crippen LogP contribution >= 0.6 is 12.4 Å². The van der Waals surface area contributed by atoms with Gasteiger partial charge in [-0.1, -0.05) is 66.7 Å². The molecule has 2 atom stereocenters. The average molecular weight is 310 g/mol. The molecular formula is C20H20ClN. The Bertz CT molecular complexity index is 796. The van der Waals surface area contributed by atoms with Gasteiger partial charge in [0.1, 0.15) is 0 Å². The molecule has 4 rings (SSSR count). The van der Waals surface area contributed by atoms with Crippen LogP contribution in [-0.4, -0.2) is 0 Å². The fourth-order valence-electron chi connectivity index (χ4n) is 3.59. The van der Waals surface area contributed by atoms with Gasteiger partial charge in [-0.25, -0.2) is 0 Å². The van der Waals surface area contributed by atoms with Gasteiger partial charge in [-0.3, -0.25) is 0 Å². The van der Waals surface area contributed by atoms with Crippen molar-refractivity contribution in [2.45, 2.75) is 24.8 Å². The molecule has 0 fully saturated rings. The lowest BCUT2D eigenvalue weighted by Gasteiger charge is -2.30. The Labute approximate surface area is 137 Å². The molecule has 22 heavy (non-hydrogen) atoms. The van der Waals surface area contributed by atoms with Crippen LogP contribution in [-0.2, 0) is 0 Å². The minimum Gasteiger partial charge on any atom is -0.324 e. The van der Waals surface area contributed by atoms with Crippen molar-refractivity contribution < 1.29 is 0 Å². The fourth-order valence-corrected chi connectivity index (χ4v) is 3.59. The average Bonchev–Trinajstić information content (AvgIpc) is 2.55. The van der Waals surface area contributed by atoms with Crippen molar-refractivity contribution in [1.29, 1.82) is 0 Å². The highest BCUT2D eigenvalue weighted by atomic mass is 35.5. The van der Waals surface area contributed by atoms with Gasteiger partial charge in [-0.05, 0) is 40.3 Å². The first-order chi connectivity index (χ1) is 10.3. The summed E-state index contributed by atoms with van der Waals surface area (Å²) in [5.74, 6) is 0.477. The van der Waals surface area contributed by atoms with Gasteiger partial charge in [0.2, 0.25) is 0 Å². The Morgan fingerprint density at radius 3 is 2.23 bits per heavy atom. The van der Waals surface area contributed by atoms with Crippen LogP contribution in [0.2, 0.25) is 0 Å². The van der Waals surface area contributed by atoms with Crippen LogP contribution in [0, 0.1) is 0 Å². The van der Waals surface area contributed by atoms with E-state index in [4.69, 9.17) is 5.73 Å². The summed E-state index contributed by atoms with van der Waals surface area (Å²) in [4.78, 5) is 0. The van der Waals surface area contributed by atoms with Crippen LogP contribution in [0.3, 0.4) is 0 Å². The zero-order valence-corrected chi connectivity index (χ0v) is 13.2. The molecule has 2 heteroatoms. The van der Waals surface area contributed by atoms with E-state index in [9.17, 15) is 0 Å². The van der Waals surface area contributed by atoms with Crippen molar-refractivity contribution in [3.63, 3.8) is 0 Å². The molecule has 0 bridgehead atoms. The van der Waals surface area contributed by atoms with E-state index in [-0.39, 0.29) is 18.4 Å². The predicted molar refractivity (Wildman–Crippen MR) is 95.6 cm³/mol. The Morgan fingerprint density at radius 2 is 1.41 bits per heavy atom. The van der Waals surface area contributed by atoms with Gasteiger partial charge in [0.15, 0.2) is 0 Å². The lowest BCUT2D eigenvalue weighted by molar-refractivity contribution is 0.530. The SMILES string of the molecule is Cl.N[C@@H]1CC[C@H](c2ccc3ccccc3c2)c2ccccc21. The van der Waals surface area contributed by atoms with Crippen molar-refractivity contribution in [3.8, 4) is 0 Å². The normalized spacial score (nSPS) is 20.2. The summed E-state index contributed by atoms with van der Waals surface area (Å²) in [6.07, 6.45) is 2.20. The van der Waals surface area contributed by atoms with E-state index in [2.05, 4.69) is 66.7 Å². The number of fused-ring (bicyclic) bond motifs is 2. The second-order valence-corrected chi connectivity index (χ2v) is 5.97. The van der Waals surface area contributed by atoms with E-state index in [0.717, 1.165) is 12.8 Å². The van der Waals surface area contributed by atoms with E-state index in [1.165, 1.54) is 27.5 Å². The zero-order chi connectivity index (χ0) is 14.2. The van der Waals surface area contributed by atoms with Gasteiger partial charge >= 0.3 is 0 Å². The monoisotopic (exact) mass is 309 g/mol. The highest BCUT2D eigenvalue weighted by Gasteiger charge is 2.25. The lowest BCUT2D eigenvalue weighted by Crippen LogP contribution is -2.20. The van der Waals surface area contributed by atoms with E-state index < -0.39 is 0 Å². The maximum Gasteiger partial charge on any atom is 0.0298 e. The number of nitrogens with two attached hydrogens (primary N) is 1. The highest BCUT2D eigenvalue weighted by molar-refractivity contribution is 5.85. The summed E-state index contributed by atoms with van der Waals surface area (Å²) < 4.78 is 0. The molecule has 1 nitrogen and oxygen atoms in total. The Hall–Kier alpha value is -1.83. The molecule has 0 spiro atoms. The second kappa shape index (κ2) is 6.12. The van der Waals surface area contributed by atoms with Gasteiger partial charge in [-0.2, -0.15) is 0 Å². The van der Waals surface area contributed by atoms with Crippen LogP contribution in [0.1, 0.15) is 41.5 Å². The first kappa shape index (κ1) is 15.1. The van der Waals surface area contributed by atoms with Gasteiger partial charge in [0.25, 0.3) is 0 Å². The van der Waals surface area contributed by atoms with Crippen LogP contribution in [0.15, 0.2) is 66.7 Å². The second-order valence-electron chi connectivity index (χ2n) is 5.97. The molecule has 0 aliphatic heterocycles. The molecule has 112 valence electrons. The molecule has 0 saturated heterocycles. The van der Waals surface area contributed by atoms with Gasteiger partial charge in [0, 0.05) is 12.0 Å². The van der Waals surface area contributed by atoms with Crippen LogP contribution < -0.4 is 5.73 Å². The van der Waals surface area contributed by atoms with E-state index in [1.807, 2.05) is 0 Å². The maximum atomic E-state index is 6.28. The number of benzene rings is 3. The topological polar surface area (TPSA) is 26.0 Å². The van der Waals surface area contributed by atoms with Gasteiger partial charge in [-0.15, -0.1) is 12.4 Å². The van der Waals surface area contributed by atoms with Crippen LogP contribution in [0.25, 0.3) is 10.8 Å².